The van der Waals surface area contributed by atoms with Gasteiger partial charge in [0.05, 0.1) is 10.6 Å². The molecule has 0 aromatic heterocycles. The van der Waals surface area contributed by atoms with Gasteiger partial charge in [-0.15, -0.1) is 0 Å². The van der Waals surface area contributed by atoms with Gasteiger partial charge in [-0.3, -0.25) is 13.9 Å². The maximum atomic E-state index is 13.9. The molecule has 0 unspecified atom stereocenters. The number of hydrogen-bond donors (Lipinski definition) is 1. The third-order valence-electron chi connectivity index (χ3n) is 6.15. The summed E-state index contributed by atoms with van der Waals surface area (Å²) in [6, 6.07) is 19.5. The van der Waals surface area contributed by atoms with Crippen LogP contribution in [0.2, 0.25) is 5.02 Å². The van der Waals surface area contributed by atoms with Crippen LogP contribution in [0.4, 0.5) is 5.69 Å². The highest BCUT2D eigenvalue weighted by Crippen LogP contribution is 2.31. The fraction of sp³-hybridized carbons (Fsp3) is 0.310. The fourth-order valence-corrected chi connectivity index (χ4v) is 5.76. The summed E-state index contributed by atoms with van der Waals surface area (Å²) >= 11 is 6.35. The van der Waals surface area contributed by atoms with E-state index in [1.54, 1.807) is 50.2 Å². The molecule has 1 atom stereocenters. The van der Waals surface area contributed by atoms with Crippen molar-refractivity contribution in [2.24, 2.45) is 0 Å². The largest absolute Gasteiger partial charge is 0.352 e. The molecule has 0 bridgehead atoms. The minimum atomic E-state index is -4.14. The zero-order chi connectivity index (χ0) is 28.0. The minimum absolute atomic E-state index is 0.0445. The van der Waals surface area contributed by atoms with Crippen molar-refractivity contribution < 1.29 is 18.0 Å². The molecule has 7 nitrogen and oxygen atoms in total. The molecule has 202 valence electrons. The van der Waals surface area contributed by atoms with Crippen LogP contribution in [-0.2, 0) is 26.2 Å². The van der Waals surface area contributed by atoms with E-state index in [-0.39, 0.29) is 23.4 Å². The van der Waals surface area contributed by atoms with Gasteiger partial charge in [-0.05, 0) is 70.0 Å². The van der Waals surface area contributed by atoms with E-state index in [2.05, 4.69) is 5.32 Å². The lowest BCUT2D eigenvalue weighted by Gasteiger charge is -2.33. The Balaban J connectivity index is 2.07. The number of anilines is 1. The molecule has 0 aliphatic heterocycles. The van der Waals surface area contributed by atoms with Gasteiger partial charge in [-0.25, -0.2) is 8.42 Å². The van der Waals surface area contributed by atoms with E-state index >= 15 is 0 Å². The summed E-state index contributed by atoms with van der Waals surface area (Å²) in [5.74, 6) is -0.839. The number of amides is 2. The van der Waals surface area contributed by atoms with Gasteiger partial charge in [0.15, 0.2) is 0 Å². The molecule has 0 radical (unpaired) electrons. The molecule has 0 saturated heterocycles. The van der Waals surface area contributed by atoms with Gasteiger partial charge in [0.25, 0.3) is 10.0 Å². The first kappa shape index (κ1) is 29.2. The quantitative estimate of drug-likeness (QED) is 0.377. The van der Waals surface area contributed by atoms with Crippen LogP contribution in [0, 0.1) is 13.8 Å². The van der Waals surface area contributed by atoms with E-state index in [0.717, 1.165) is 15.4 Å². The summed E-state index contributed by atoms with van der Waals surface area (Å²) in [6.45, 7) is 8.61. The SMILES string of the molecule is Cc1cccc(CN(C(=O)CN(c2cccc(Cl)c2C)S(=O)(=O)c2ccccc2)[C@H](C)C(=O)NC(C)C)c1. The standard InChI is InChI=1S/C29H34ClN3O4S/c1-20(2)31-29(35)23(5)32(18-24-12-9-11-21(3)17-24)28(34)19-33(27-16-10-15-26(30)22(27)4)38(36,37)25-13-7-6-8-14-25/h6-17,20,23H,18-19H2,1-5H3,(H,31,35)/t23-/m1/s1. The third kappa shape index (κ3) is 6.94. The van der Waals surface area contributed by atoms with Crippen molar-refractivity contribution in [1.82, 2.24) is 10.2 Å². The van der Waals surface area contributed by atoms with Crippen molar-refractivity contribution in [1.29, 1.82) is 0 Å². The Morgan fingerprint density at radius 2 is 1.58 bits per heavy atom. The van der Waals surface area contributed by atoms with Gasteiger partial charge in [0, 0.05) is 17.6 Å². The van der Waals surface area contributed by atoms with E-state index in [1.807, 2.05) is 45.0 Å². The molecule has 3 aromatic carbocycles. The molecular weight excluding hydrogens is 522 g/mol. The van der Waals surface area contributed by atoms with Gasteiger partial charge in [-0.2, -0.15) is 0 Å². The van der Waals surface area contributed by atoms with Crippen LogP contribution in [0.1, 0.15) is 37.5 Å². The second-order valence-electron chi connectivity index (χ2n) is 9.56. The minimum Gasteiger partial charge on any atom is -0.352 e. The Morgan fingerprint density at radius 3 is 2.21 bits per heavy atom. The number of nitrogens with one attached hydrogen (secondary N) is 1. The van der Waals surface area contributed by atoms with Crippen LogP contribution in [0.5, 0.6) is 0 Å². The van der Waals surface area contributed by atoms with Crippen LogP contribution in [0.15, 0.2) is 77.7 Å². The smallest absolute Gasteiger partial charge is 0.264 e. The number of halogens is 1. The molecule has 1 N–H and O–H groups in total. The monoisotopic (exact) mass is 555 g/mol. The van der Waals surface area contributed by atoms with Crippen LogP contribution in [0.3, 0.4) is 0 Å². The van der Waals surface area contributed by atoms with Crippen molar-refractivity contribution in [3.63, 3.8) is 0 Å². The molecule has 0 saturated carbocycles. The van der Waals surface area contributed by atoms with E-state index < -0.39 is 28.5 Å². The van der Waals surface area contributed by atoms with Gasteiger partial charge in [0.2, 0.25) is 11.8 Å². The number of carbonyl (C=O) groups excluding carboxylic acids is 2. The Kier molecular flexibility index (Phi) is 9.57. The topological polar surface area (TPSA) is 86.8 Å². The summed E-state index contributed by atoms with van der Waals surface area (Å²) in [6.07, 6.45) is 0. The van der Waals surface area contributed by atoms with Crippen molar-refractivity contribution >= 4 is 39.1 Å². The van der Waals surface area contributed by atoms with Gasteiger partial charge >= 0.3 is 0 Å². The highest BCUT2D eigenvalue weighted by molar-refractivity contribution is 7.92. The number of rotatable bonds is 10. The van der Waals surface area contributed by atoms with Crippen molar-refractivity contribution in [2.45, 2.75) is 58.1 Å². The Hall–Kier alpha value is -3.36. The van der Waals surface area contributed by atoms with Crippen molar-refractivity contribution in [2.75, 3.05) is 10.8 Å². The summed E-state index contributed by atoms with van der Waals surface area (Å²) in [7, 11) is -4.14. The van der Waals surface area contributed by atoms with Crippen LogP contribution in [0.25, 0.3) is 0 Å². The molecule has 0 aliphatic carbocycles. The van der Waals surface area contributed by atoms with Crippen molar-refractivity contribution in [3.05, 3.63) is 94.5 Å². The van der Waals surface area contributed by atoms with Crippen LogP contribution >= 0.6 is 11.6 Å². The average Bonchev–Trinajstić information content (AvgIpc) is 2.87. The first-order valence-corrected chi connectivity index (χ1v) is 14.2. The third-order valence-corrected chi connectivity index (χ3v) is 8.33. The second-order valence-corrected chi connectivity index (χ2v) is 11.8. The molecule has 38 heavy (non-hydrogen) atoms. The molecule has 0 spiro atoms. The number of benzene rings is 3. The van der Waals surface area contributed by atoms with Crippen LogP contribution < -0.4 is 9.62 Å². The number of carbonyl (C=O) groups is 2. The number of hydrogen-bond acceptors (Lipinski definition) is 4. The summed E-state index contributed by atoms with van der Waals surface area (Å²) in [4.78, 5) is 28.4. The summed E-state index contributed by atoms with van der Waals surface area (Å²) < 4.78 is 28.8. The van der Waals surface area contributed by atoms with Crippen LogP contribution in [-0.4, -0.2) is 43.8 Å². The molecule has 0 heterocycles. The zero-order valence-corrected chi connectivity index (χ0v) is 23.9. The number of nitrogens with zero attached hydrogens (tertiary/aromatic N) is 2. The molecule has 9 heteroatoms. The summed E-state index contributed by atoms with van der Waals surface area (Å²) in [5.41, 5.74) is 2.66. The van der Waals surface area contributed by atoms with E-state index in [9.17, 15) is 18.0 Å². The lowest BCUT2D eigenvalue weighted by Crippen LogP contribution is -2.52. The van der Waals surface area contributed by atoms with Gasteiger partial charge < -0.3 is 10.2 Å². The fourth-order valence-electron chi connectivity index (χ4n) is 4.09. The molecule has 2 amide bonds. The van der Waals surface area contributed by atoms with E-state index in [0.29, 0.717) is 16.3 Å². The Morgan fingerprint density at radius 1 is 0.921 bits per heavy atom. The number of sulfonamides is 1. The molecule has 0 aliphatic rings. The number of aryl methyl sites for hydroxylation is 1. The highest BCUT2D eigenvalue weighted by atomic mass is 35.5. The second kappa shape index (κ2) is 12.5. The van der Waals surface area contributed by atoms with Crippen molar-refractivity contribution in [3.8, 4) is 0 Å². The van der Waals surface area contributed by atoms with Gasteiger partial charge in [-0.1, -0.05) is 65.7 Å². The Bertz CT molecular complexity index is 1390. The lowest BCUT2D eigenvalue weighted by molar-refractivity contribution is -0.139. The molecule has 3 aromatic rings. The average molecular weight is 556 g/mol. The first-order chi connectivity index (χ1) is 17.9. The maximum Gasteiger partial charge on any atom is 0.264 e. The predicted octanol–water partition coefficient (Wildman–Crippen LogP) is 5.09. The molecule has 3 rings (SSSR count). The summed E-state index contributed by atoms with van der Waals surface area (Å²) in [5, 5.41) is 3.23. The van der Waals surface area contributed by atoms with E-state index in [1.165, 1.54) is 17.0 Å². The Labute approximate surface area is 230 Å². The highest BCUT2D eigenvalue weighted by Gasteiger charge is 2.33. The van der Waals surface area contributed by atoms with E-state index in [4.69, 9.17) is 11.6 Å². The molecule has 0 fully saturated rings. The lowest BCUT2D eigenvalue weighted by atomic mass is 10.1. The molecular formula is C29H34ClN3O4S. The predicted molar refractivity (Wildman–Crippen MR) is 152 cm³/mol. The van der Waals surface area contributed by atoms with Gasteiger partial charge in [0.1, 0.15) is 12.6 Å². The first-order valence-electron chi connectivity index (χ1n) is 12.4. The maximum absolute atomic E-state index is 13.9. The zero-order valence-electron chi connectivity index (χ0n) is 22.3. The normalized spacial score (nSPS) is 12.2.